The molecule has 1 atom stereocenters. The lowest BCUT2D eigenvalue weighted by molar-refractivity contribution is -0.132. The molecule has 0 saturated carbocycles. The highest BCUT2D eigenvalue weighted by Crippen LogP contribution is 2.22. The highest BCUT2D eigenvalue weighted by molar-refractivity contribution is 6.08. The largest absolute Gasteiger partial charge is 0.344 e. The Labute approximate surface area is 155 Å². The standard InChI is InChI=1S/C19H19FN4O3/c1-19(12-11-13-5-3-2-4-6-13)16(25)24(18(27)22-19)23-17(26)21-15-9-7-14(20)8-10-15/h2-10H,11-12H2,1H3,(H,22,27)(H2,21,23,26)/t19-/m0/s1. The highest BCUT2D eigenvalue weighted by atomic mass is 19.1. The Balaban J connectivity index is 1.61. The Morgan fingerprint density at radius 1 is 1.11 bits per heavy atom. The van der Waals surface area contributed by atoms with Gasteiger partial charge in [-0.3, -0.25) is 4.79 Å². The minimum absolute atomic E-state index is 0.327. The van der Waals surface area contributed by atoms with Crippen molar-refractivity contribution in [1.82, 2.24) is 15.8 Å². The lowest BCUT2D eigenvalue weighted by atomic mass is 9.93. The quantitative estimate of drug-likeness (QED) is 0.707. The van der Waals surface area contributed by atoms with Crippen LogP contribution in [0.25, 0.3) is 0 Å². The Morgan fingerprint density at radius 3 is 2.44 bits per heavy atom. The second-order valence-corrected chi connectivity index (χ2v) is 6.46. The molecular weight excluding hydrogens is 351 g/mol. The Bertz CT molecular complexity index is 857. The van der Waals surface area contributed by atoms with E-state index < -0.39 is 29.3 Å². The van der Waals surface area contributed by atoms with Crippen LogP contribution in [0.3, 0.4) is 0 Å². The van der Waals surface area contributed by atoms with Crippen LogP contribution in [0.4, 0.5) is 19.7 Å². The second kappa shape index (κ2) is 7.45. The normalized spacial score (nSPS) is 19.0. The van der Waals surface area contributed by atoms with Crippen molar-refractivity contribution in [3.05, 3.63) is 66.0 Å². The smallest absolute Gasteiger partial charge is 0.322 e. The summed E-state index contributed by atoms with van der Waals surface area (Å²) in [4.78, 5) is 36.8. The fraction of sp³-hybridized carbons (Fsp3) is 0.211. The number of amides is 5. The molecule has 0 bridgehead atoms. The molecule has 2 aromatic carbocycles. The summed E-state index contributed by atoms with van der Waals surface area (Å²) in [7, 11) is 0. The van der Waals surface area contributed by atoms with Crippen molar-refractivity contribution in [1.29, 1.82) is 0 Å². The molecule has 0 aliphatic carbocycles. The van der Waals surface area contributed by atoms with Gasteiger partial charge in [0.2, 0.25) is 0 Å². The third-order valence-electron chi connectivity index (χ3n) is 4.33. The molecule has 2 aromatic rings. The van der Waals surface area contributed by atoms with Gasteiger partial charge in [0, 0.05) is 5.69 Å². The number of nitrogens with one attached hydrogen (secondary N) is 3. The molecule has 0 unspecified atom stereocenters. The van der Waals surface area contributed by atoms with E-state index in [1.54, 1.807) is 6.92 Å². The van der Waals surface area contributed by atoms with Crippen molar-refractivity contribution in [3.63, 3.8) is 0 Å². The van der Waals surface area contributed by atoms with Gasteiger partial charge in [-0.05, 0) is 49.6 Å². The lowest BCUT2D eigenvalue weighted by Crippen LogP contribution is -2.50. The van der Waals surface area contributed by atoms with Gasteiger partial charge in [-0.1, -0.05) is 30.3 Å². The number of hydrazine groups is 1. The average molecular weight is 370 g/mol. The summed E-state index contributed by atoms with van der Waals surface area (Å²) in [6, 6.07) is 13.2. The van der Waals surface area contributed by atoms with E-state index >= 15 is 0 Å². The number of halogens is 1. The molecule has 1 heterocycles. The minimum atomic E-state index is -1.11. The topological polar surface area (TPSA) is 90.5 Å². The maximum absolute atomic E-state index is 12.9. The van der Waals surface area contributed by atoms with Gasteiger partial charge in [-0.25, -0.2) is 19.4 Å². The van der Waals surface area contributed by atoms with E-state index in [-0.39, 0.29) is 0 Å². The Morgan fingerprint density at radius 2 is 1.78 bits per heavy atom. The molecule has 3 rings (SSSR count). The predicted molar refractivity (Wildman–Crippen MR) is 97.1 cm³/mol. The van der Waals surface area contributed by atoms with E-state index in [1.807, 2.05) is 30.3 Å². The van der Waals surface area contributed by atoms with Crippen LogP contribution in [0.2, 0.25) is 0 Å². The lowest BCUT2D eigenvalue weighted by Gasteiger charge is -2.21. The summed E-state index contributed by atoms with van der Waals surface area (Å²) < 4.78 is 12.9. The zero-order chi connectivity index (χ0) is 19.4. The van der Waals surface area contributed by atoms with Gasteiger partial charge in [0.15, 0.2) is 0 Å². The van der Waals surface area contributed by atoms with Crippen LogP contribution < -0.4 is 16.1 Å². The Hall–Kier alpha value is -3.42. The van der Waals surface area contributed by atoms with Crippen LogP contribution in [0.1, 0.15) is 18.9 Å². The first kappa shape index (κ1) is 18.4. The number of benzene rings is 2. The van der Waals surface area contributed by atoms with Crippen molar-refractivity contribution in [3.8, 4) is 0 Å². The summed E-state index contributed by atoms with van der Waals surface area (Å²) in [5.41, 5.74) is 2.48. The van der Waals surface area contributed by atoms with E-state index in [2.05, 4.69) is 16.1 Å². The summed E-state index contributed by atoms with van der Waals surface area (Å²) in [6.45, 7) is 1.62. The van der Waals surface area contributed by atoms with Gasteiger partial charge >= 0.3 is 12.1 Å². The number of rotatable bonds is 5. The fourth-order valence-electron chi connectivity index (χ4n) is 2.79. The van der Waals surface area contributed by atoms with Crippen LogP contribution in [0.15, 0.2) is 54.6 Å². The van der Waals surface area contributed by atoms with Gasteiger partial charge in [-0.2, -0.15) is 5.01 Å². The number of urea groups is 2. The molecule has 1 fully saturated rings. The minimum Gasteiger partial charge on any atom is -0.322 e. The monoisotopic (exact) mass is 370 g/mol. The summed E-state index contributed by atoms with van der Waals surface area (Å²) in [5, 5.41) is 5.71. The molecule has 5 amide bonds. The molecule has 140 valence electrons. The summed E-state index contributed by atoms with van der Waals surface area (Å²) in [6.07, 6.45) is 0.984. The molecule has 7 nitrogen and oxygen atoms in total. The number of carbonyl (C=O) groups is 3. The van der Waals surface area contributed by atoms with Crippen molar-refractivity contribution in [2.45, 2.75) is 25.3 Å². The SMILES string of the molecule is C[C@@]1(CCc2ccccc2)NC(=O)N(NC(=O)Nc2ccc(F)cc2)C1=O. The van der Waals surface area contributed by atoms with Crippen LogP contribution in [-0.4, -0.2) is 28.5 Å². The van der Waals surface area contributed by atoms with Crippen LogP contribution in [0, 0.1) is 5.82 Å². The second-order valence-electron chi connectivity index (χ2n) is 6.46. The zero-order valence-corrected chi connectivity index (χ0v) is 14.7. The van der Waals surface area contributed by atoms with Crippen molar-refractivity contribution in [2.75, 3.05) is 5.32 Å². The predicted octanol–water partition coefficient (Wildman–Crippen LogP) is 2.81. The van der Waals surface area contributed by atoms with Crippen LogP contribution in [-0.2, 0) is 11.2 Å². The van der Waals surface area contributed by atoms with Crippen molar-refractivity contribution in [2.24, 2.45) is 0 Å². The van der Waals surface area contributed by atoms with E-state index in [0.717, 1.165) is 5.56 Å². The molecule has 27 heavy (non-hydrogen) atoms. The maximum atomic E-state index is 12.9. The number of hydrogen-bond acceptors (Lipinski definition) is 3. The number of anilines is 1. The van der Waals surface area contributed by atoms with Crippen LogP contribution in [0.5, 0.6) is 0 Å². The molecule has 0 radical (unpaired) electrons. The number of nitrogens with zero attached hydrogens (tertiary/aromatic N) is 1. The maximum Gasteiger partial charge on any atom is 0.344 e. The molecule has 1 saturated heterocycles. The van der Waals surface area contributed by atoms with E-state index in [4.69, 9.17) is 0 Å². The van der Waals surface area contributed by atoms with Gasteiger partial charge in [-0.15, -0.1) is 0 Å². The molecule has 0 spiro atoms. The summed E-state index contributed by atoms with van der Waals surface area (Å²) in [5.74, 6) is -0.984. The molecule has 1 aliphatic heterocycles. The third-order valence-corrected chi connectivity index (χ3v) is 4.33. The first-order valence-electron chi connectivity index (χ1n) is 8.41. The highest BCUT2D eigenvalue weighted by Gasteiger charge is 2.48. The molecule has 1 aliphatic rings. The van der Waals surface area contributed by atoms with E-state index in [9.17, 15) is 18.8 Å². The number of hydrogen-bond donors (Lipinski definition) is 3. The van der Waals surface area contributed by atoms with E-state index in [1.165, 1.54) is 24.3 Å². The zero-order valence-electron chi connectivity index (χ0n) is 14.7. The molecule has 8 heteroatoms. The number of aryl methyl sites for hydroxylation is 1. The van der Waals surface area contributed by atoms with Crippen molar-refractivity contribution >= 4 is 23.7 Å². The van der Waals surface area contributed by atoms with Gasteiger partial charge in [0.05, 0.1) is 0 Å². The van der Waals surface area contributed by atoms with Gasteiger partial charge < -0.3 is 10.6 Å². The third kappa shape index (κ3) is 4.22. The first-order valence-corrected chi connectivity index (χ1v) is 8.41. The number of imide groups is 1. The summed E-state index contributed by atoms with van der Waals surface area (Å²) >= 11 is 0. The van der Waals surface area contributed by atoms with Crippen LogP contribution >= 0.6 is 0 Å². The van der Waals surface area contributed by atoms with E-state index in [0.29, 0.717) is 23.5 Å². The van der Waals surface area contributed by atoms with Gasteiger partial charge in [0.1, 0.15) is 11.4 Å². The Kier molecular flexibility index (Phi) is 5.07. The molecular formula is C19H19FN4O3. The van der Waals surface area contributed by atoms with Crippen molar-refractivity contribution < 1.29 is 18.8 Å². The fourth-order valence-corrected chi connectivity index (χ4v) is 2.79. The van der Waals surface area contributed by atoms with Gasteiger partial charge in [0.25, 0.3) is 5.91 Å². The molecule has 0 aromatic heterocycles. The average Bonchev–Trinajstić information content (AvgIpc) is 2.86. The number of carbonyl (C=O) groups excluding carboxylic acids is 3. The first-order chi connectivity index (χ1) is 12.9. The molecule has 3 N–H and O–H groups in total.